The van der Waals surface area contributed by atoms with E-state index in [0.717, 1.165) is 5.56 Å². The zero-order chi connectivity index (χ0) is 14.1. The number of benzene rings is 1. The van der Waals surface area contributed by atoms with Crippen molar-refractivity contribution in [2.45, 2.75) is 56.8 Å². The molecular formula is C16H22ClFN2. The number of rotatable bonds is 3. The second kappa shape index (κ2) is 6.00. The van der Waals surface area contributed by atoms with Crippen LogP contribution < -0.4 is 5.32 Å². The van der Waals surface area contributed by atoms with Gasteiger partial charge < -0.3 is 10.2 Å². The van der Waals surface area contributed by atoms with Crippen LogP contribution in [0.2, 0.25) is 5.02 Å². The van der Waals surface area contributed by atoms with Crippen molar-refractivity contribution >= 4 is 11.6 Å². The second-order valence-corrected chi connectivity index (χ2v) is 6.60. The van der Waals surface area contributed by atoms with E-state index in [2.05, 4.69) is 17.3 Å². The molecule has 3 rings (SSSR count). The zero-order valence-electron chi connectivity index (χ0n) is 11.9. The van der Waals surface area contributed by atoms with Gasteiger partial charge in [0.2, 0.25) is 0 Å². The first-order chi connectivity index (χ1) is 9.63. The van der Waals surface area contributed by atoms with Crippen molar-refractivity contribution in [2.75, 3.05) is 7.05 Å². The summed E-state index contributed by atoms with van der Waals surface area (Å²) < 4.78 is 13.3. The Labute approximate surface area is 125 Å². The molecule has 2 bridgehead atoms. The van der Waals surface area contributed by atoms with Crippen LogP contribution in [0.25, 0.3) is 0 Å². The SMILES string of the molecule is CN1C2CCCC1CC(NCc1cc(F)ccc1Cl)C2. The van der Waals surface area contributed by atoms with Crippen molar-refractivity contribution in [2.24, 2.45) is 0 Å². The third kappa shape index (κ3) is 3.00. The Morgan fingerprint density at radius 3 is 2.70 bits per heavy atom. The molecule has 2 aliphatic heterocycles. The van der Waals surface area contributed by atoms with Crippen molar-refractivity contribution in [1.29, 1.82) is 0 Å². The average Bonchev–Trinajstić information content (AvgIpc) is 2.40. The van der Waals surface area contributed by atoms with Crippen LogP contribution in [0.1, 0.15) is 37.7 Å². The minimum atomic E-state index is -0.216. The van der Waals surface area contributed by atoms with Gasteiger partial charge in [0.15, 0.2) is 0 Å². The summed E-state index contributed by atoms with van der Waals surface area (Å²) in [6.07, 6.45) is 6.37. The maximum Gasteiger partial charge on any atom is 0.123 e. The molecule has 0 aromatic heterocycles. The molecule has 0 saturated carbocycles. The first kappa shape index (κ1) is 14.3. The number of hydrogen-bond acceptors (Lipinski definition) is 2. The summed E-state index contributed by atoms with van der Waals surface area (Å²) in [4.78, 5) is 2.55. The van der Waals surface area contributed by atoms with Gasteiger partial charge in [-0.25, -0.2) is 4.39 Å². The van der Waals surface area contributed by atoms with Gasteiger partial charge in [0.25, 0.3) is 0 Å². The molecule has 4 heteroatoms. The summed E-state index contributed by atoms with van der Waals surface area (Å²) in [5.41, 5.74) is 0.857. The number of hydrogen-bond donors (Lipinski definition) is 1. The minimum Gasteiger partial charge on any atom is -0.310 e. The van der Waals surface area contributed by atoms with E-state index in [1.807, 2.05) is 0 Å². The molecule has 0 amide bonds. The fourth-order valence-corrected chi connectivity index (χ4v) is 3.90. The Balaban J connectivity index is 1.60. The number of nitrogens with one attached hydrogen (secondary N) is 1. The van der Waals surface area contributed by atoms with Gasteiger partial charge in [0.1, 0.15) is 5.82 Å². The first-order valence-corrected chi connectivity index (χ1v) is 7.90. The fraction of sp³-hybridized carbons (Fsp3) is 0.625. The number of halogens is 2. The molecule has 2 saturated heterocycles. The Morgan fingerprint density at radius 1 is 1.30 bits per heavy atom. The highest BCUT2D eigenvalue weighted by Gasteiger charge is 2.35. The smallest absolute Gasteiger partial charge is 0.123 e. The Hall–Kier alpha value is -0.640. The van der Waals surface area contributed by atoms with E-state index in [9.17, 15) is 4.39 Å². The van der Waals surface area contributed by atoms with Gasteiger partial charge in [-0.05, 0) is 56.5 Å². The maximum atomic E-state index is 13.3. The number of piperidine rings is 2. The van der Waals surface area contributed by atoms with Gasteiger partial charge in [-0.15, -0.1) is 0 Å². The lowest BCUT2D eigenvalue weighted by molar-refractivity contribution is 0.0482. The van der Waals surface area contributed by atoms with Crippen LogP contribution in [0.4, 0.5) is 4.39 Å². The summed E-state index contributed by atoms with van der Waals surface area (Å²) >= 11 is 6.12. The molecule has 1 aromatic carbocycles. The number of nitrogens with zero attached hydrogens (tertiary/aromatic N) is 1. The van der Waals surface area contributed by atoms with Crippen LogP contribution in [0.3, 0.4) is 0 Å². The molecule has 20 heavy (non-hydrogen) atoms. The highest BCUT2D eigenvalue weighted by atomic mass is 35.5. The van der Waals surface area contributed by atoms with E-state index in [1.54, 1.807) is 6.07 Å². The van der Waals surface area contributed by atoms with Crippen LogP contribution in [0.15, 0.2) is 18.2 Å². The van der Waals surface area contributed by atoms with Gasteiger partial charge in [-0.3, -0.25) is 0 Å². The van der Waals surface area contributed by atoms with Gasteiger partial charge in [-0.1, -0.05) is 18.0 Å². The van der Waals surface area contributed by atoms with Crippen LogP contribution in [0, 0.1) is 5.82 Å². The highest BCUT2D eigenvalue weighted by molar-refractivity contribution is 6.31. The molecule has 1 N–H and O–H groups in total. The molecular weight excluding hydrogens is 275 g/mol. The van der Waals surface area contributed by atoms with Gasteiger partial charge in [-0.2, -0.15) is 0 Å². The summed E-state index contributed by atoms with van der Waals surface area (Å²) in [6, 6.07) is 6.53. The normalized spacial score (nSPS) is 30.4. The van der Waals surface area contributed by atoms with Gasteiger partial charge in [0, 0.05) is 29.7 Å². The summed E-state index contributed by atoms with van der Waals surface area (Å²) in [7, 11) is 2.26. The predicted octanol–water partition coefficient (Wildman–Crippen LogP) is 3.58. The predicted molar refractivity (Wildman–Crippen MR) is 80.5 cm³/mol. The summed E-state index contributed by atoms with van der Waals surface area (Å²) in [5, 5.41) is 4.22. The van der Waals surface area contributed by atoms with E-state index < -0.39 is 0 Å². The van der Waals surface area contributed by atoms with E-state index in [-0.39, 0.29) is 5.82 Å². The third-order valence-electron chi connectivity index (χ3n) is 4.93. The van der Waals surface area contributed by atoms with E-state index in [4.69, 9.17) is 11.6 Å². The van der Waals surface area contributed by atoms with Crippen molar-refractivity contribution in [3.05, 3.63) is 34.6 Å². The lowest BCUT2D eigenvalue weighted by Gasteiger charge is -2.47. The van der Waals surface area contributed by atoms with Crippen LogP contribution in [0.5, 0.6) is 0 Å². The van der Waals surface area contributed by atoms with Crippen molar-refractivity contribution in [3.8, 4) is 0 Å². The van der Waals surface area contributed by atoms with Crippen LogP contribution >= 0.6 is 11.6 Å². The largest absolute Gasteiger partial charge is 0.310 e. The van der Waals surface area contributed by atoms with Crippen LogP contribution in [-0.4, -0.2) is 30.1 Å². The van der Waals surface area contributed by atoms with E-state index >= 15 is 0 Å². The topological polar surface area (TPSA) is 15.3 Å². The summed E-state index contributed by atoms with van der Waals surface area (Å²) in [5.74, 6) is -0.216. The van der Waals surface area contributed by atoms with Crippen molar-refractivity contribution in [1.82, 2.24) is 10.2 Å². The number of fused-ring (bicyclic) bond motifs is 2. The molecule has 0 aliphatic carbocycles. The average molecular weight is 297 g/mol. The Kier molecular flexibility index (Phi) is 4.29. The molecule has 1 aromatic rings. The van der Waals surface area contributed by atoms with Gasteiger partial charge in [0.05, 0.1) is 0 Å². The van der Waals surface area contributed by atoms with E-state index in [0.29, 0.717) is 29.7 Å². The molecule has 2 unspecified atom stereocenters. The highest BCUT2D eigenvalue weighted by Crippen LogP contribution is 2.32. The Morgan fingerprint density at radius 2 is 2.00 bits per heavy atom. The van der Waals surface area contributed by atoms with Crippen molar-refractivity contribution in [3.63, 3.8) is 0 Å². The molecule has 0 radical (unpaired) electrons. The summed E-state index contributed by atoms with van der Waals surface area (Å²) in [6.45, 7) is 0.657. The first-order valence-electron chi connectivity index (χ1n) is 7.52. The second-order valence-electron chi connectivity index (χ2n) is 6.19. The molecule has 0 spiro atoms. The minimum absolute atomic E-state index is 0.216. The monoisotopic (exact) mass is 296 g/mol. The van der Waals surface area contributed by atoms with Crippen LogP contribution in [-0.2, 0) is 6.54 Å². The molecule has 2 heterocycles. The molecule has 2 aliphatic rings. The lowest BCUT2D eigenvalue weighted by Crippen LogP contribution is -2.54. The van der Waals surface area contributed by atoms with E-state index in [1.165, 1.54) is 44.2 Å². The molecule has 2 atom stereocenters. The van der Waals surface area contributed by atoms with Gasteiger partial charge >= 0.3 is 0 Å². The molecule has 110 valence electrons. The fourth-order valence-electron chi connectivity index (χ4n) is 3.72. The maximum absolute atomic E-state index is 13.3. The Bertz CT molecular complexity index is 466. The molecule has 2 nitrogen and oxygen atoms in total. The quantitative estimate of drug-likeness (QED) is 0.917. The zero-order valence-corrected chi connectivity index (χ0v) is 12.7. The van der Waals surface area contributed by atoms with Crippen molar-refractivity contribution < 1.29 is 4.39 Å². The standard InChI is InChI=1S/C16H22ClFN2/c1-20-14-3-2-4-15(20)9-13(8-14)19-10-11-7-12(18)5-6-16(11)17/h5-7,13-15,19H,2-4,8-10H2,1H3. The lowest BCUT2D eigenvalue weighted by atomic mass is 9.82. The third-order valence-corrected chi connectivity index (χ3v) is 5.30. The molecule has 2 fully saturated rings.